The van der Waals surface area contributed by atoms with Gasteiger partial charge in [-0.05, 0) is 12.3 Å². The molecule has 1 aromatic rings. The van der Waals surface area contributed by atoms with Crippen molar-refractivity contribution in [3.05, 3.63) is 12.2 Å². The Labute approximate surface area is 90.7 Å². The van der Waals surface area contributed by atoms with Crippen LogP contribution in [0, 0.1) is 5.92 Å². The molecular formula is C11H19N3O. The summed E-state index contributed by atoms with van der Waals surface area (Å²) in [5.74, 6) is 1.56. The van der Waals surface area contributed by atoms with E-state index in [1.165, 1.54) is 6.33 Å². The second-order valence-corrected chi connectivity index (χ2v) is 4.22. The molecule has 4 nitrogen and oxygen atoms in total. The Hall–Kier alpha value is -1.19. The smallest absolute Gasteiger partial charge is 0.140 e. The van der Waals surface area contributed by atoms with E-state index >= 15 is 0 Å². The number of hydrogen-bond donors (Lipinski definition) is 0. The predicted octanol–water partition coefficient (Wildman–Crippen LogP) is 1.85. The highest BCUT2D eigenvalue weighted by Crippen LogP contribution is 2.04. The second-order valence-electron chi connectivity index (χ2n) is 4.22. The second kappa shape index (κ2) is 5.63. The van der Waals surface area contributed by atoms with Gasteiger partial charge >= 0.3 is 0 Å². The molecule has 0 aliphatic carbocycles. The van der Waals surface area contributed by atoms with E-state index in [-0.39, 0.29) is 5.78 Å². The normalized spacial score (nSPS) is 10.9. The van der Waals surface area contributed by atoms with Crippen molar-refractivity contribution in [2.45, 2.75) is 46.6 Å². The summed E-state index contributed by atoms with van der Waals surface area (Å²) in [6.07, 6.45) is 3.48. The van der Waals surface area contributed by atoms with E-state index in [1.54, 1.807) is 0 Å². The Kier molecular flexibility index (Phi) is 4.46. The zero-order chi connectivity index (χ0) is 11.3. The standard InChI is InChI=1S/C11H19N3O/c1-4-5-10(15)6-11-12-8-13-14(11)7-9(2)3/h8-9H,4-7H2,1-3H3. The van der Waals surface area contributed by atoms with Gasteiger partial charge < -0.3 is 0 Å². The number of Topliss-reactive ketones (excluding diaryl/α,β-unsaturated/α-hetero) is 1. The molecule has 0 aliphatic heterocycles. The van der Waals surface area contributed by atoms with Gasteiger partial charge in [-0.1, -0.05) is 20.8 Å². The number of aromatic nitrogens is 3. The third kappa shape index (κ3) is 3.81. The molecule has 84 valence electrons. The van der Waals surface area contributed by atoms with Crippen molar-refractivity contribution in [3.63, 3.8) is 0 Å². The molecule has 0 spiro atoms. The van der Waals surface area contributed by atoms with Crippen molar-refractivity contribution in [2.75, 3.05) is 0 Å². The largest absolute Gasteiger partial charge is 0.299 e. The fraction of sp³-hybridized carbons (Fsp3) is 0.727. The van der Waals surface area contributed by atoms with Crippen molar-refractivity contribution in [3.8, 4) is 0 Å². The van der Waals surface area contributed by atoms with Crippen LogP contribution in [0.25, 0.3) is 0 Å². The molecule has 1 aromatic heterocycles. The number of ketones is 1. The number of carbonyl (C=O) groups excluding carboxylic acids is 1. The van der Waals surface area contributed by atoms with Gasteiger partial charge in [0.05, 0.1) is 6.42 Å². The molecule has 0 saturated heterocycles. The minimum Gasteiger partial charge on any atom is -0.299 e. The Morgan fingerprint density at radius 3 is 2.87 bits per heavy atom. The molecule has 1 rings (SSSR count). The predicted molar refractivity (Wildman–Crippen MR) is 58.5 cm³/mol. The molecule has 0 saturated carbocycles. The SMILES string of the molecule is CCCC(=O)Cc1ncnn1CC(C)C. The van der Waals surface area contributed by atoms with E-state index in [2.05, 4.69) is 23.9 Å². The highest BCUT2D eigenvalue weighted by Gasteiger charge is 2.10. The molecule has 0 bridgehead atoms. The lowest BCUT2D eigenvalue weighted by molar-refractivity contribution is -0.118. The summed E-state index contributed by atoms with van der Waals surface area (Å²) >= 11 is 0. The van der Waals surface area contributed by atoms with Crippen LogP contribution in [0.15, 0.2) is 6.33 Å². The van der Waals surface area contributed by atoms with Crippen molar-refractivity contribution in [2.24, 2.45) is 5.92 Å². The van der Waals surface area contributed by atoms with Gasteiger partial charge in [-0.2, -0.15) is 5.10 Å². The van der Waals surface area contributed by atoms with Crippen LogP contribution < -0.4 is 0 Å². The van der Waals surface area contributed by atoms with Gasteiger partial charge in [0.15, 0.2) is 0 Å². The van der Waals surface area contributed by atoms with Crippen molar-refractivity contribution in [1.82, 2.24) is 14.8 Å². The van der Waals surface area contributed by atoms with Crippen LogP contribution >= 0.6 is 0 Å². The van der Waals surface area contributed by atoms with Gasteiger partial charge in [0.2, 0.25) is 0 Å². The molecule has 4 heteroatoms. The van der Waals surface area contributed by atoms with Gasteiger partial charge in [-0.15, -0.1) is 0 Å². The van der Waals surface area contributed by atoms with E-state index in [0.717, 1.165) is 18.8 Å². The number of nitrogens with zero attached hydrogens (tertiary/aromatic N) is 3. The average molecular weight is 209 g/mol. The zero-order valence-corrected chi connectivity index (χ0v) is 9.73. The van der Waals surface area contributed by atoms with Gasteiger partial charge in [0.25, 0.3) is 0 Å². The fourth-order valence-corrected chi connectivity index (χ4v) is 1.47. The van der Waals surface area contributed by atoms with E-state index in [9.17, 15) is 4.79 Å². The lowest BCUT2D eigenvalue weighted by atomic mass is 10.1. The average Bonchev–Trinajstić information content (AvgIpc) is 2.52. The summed E-state index contributed by atoms with van der Waals surface area (Å²) in [6.45, 7) is 7.09. The summed E-state index contributed by atoms with van der Waals surface area (Å²) in [6, 6.07) is 0. The molecule has 0 unspecified atom stereocenters. The first kappa shape index (κ1) is 11.9. The van der Waals surface area contributed by atoms with Crippen LogP contribution in [-0.4, -0.2) is 20.5 Å². The topological polar surface area (TPSA) is 47.8 Å². The highest BCUT2D eigenvalue weighted by atomic mass is 16.1. The minimum absolute atomic E-state index is 0.246. The maximum Gasteiger partial charge on any atom is 0.140 e. The summed E-state index contributed by atoms with van der Waals surface area (Å²) in [5.41, 5.74) is 0. The van der Waals surface area contributed by atoms with Gasteiger partial charge in [0.1, 0.15) is 17.9 Å². The Morgan fingerprint density at radius 1 is 1.53 bits per heavy atom. The van der Waals surface area contributed by atoms with Crippen molar-refractivity contribution < 1.29 is 4.79 Å². The Balaban J connectivity index is 2.60. The first-order valence-electron chi connectivity index (χ1n) is 5.51. The third-order valence-electron chi connectivity index (χ3n) is 2.12. The van der Waals surface area contributed by atoms with Crippen molar-refractivity contribution in [1.29, 1.82) is 0 Å². The van der Waals surface area contributed by atoms with E-state index < -0.39 is 0 Å². The Bertz CT molecular complexity index is 317. The van der Waals surface area contributed by atoms with Crippen molar-refractivity contribution >= 4 is 5.78 Å². The summed E-state index contributed by atoms with van der Waals surface area (Å²) in [7, 11) is 0. The van der Waals surface area contributed by atoms with Gasteiger partial charge in [-0.25, -0.2) is 9.67 Å². The maximum absolute atomic E-state index is 11.5. The lowest BCUT2D eigenvalue weighted by Gasteiger charge is -2.07. The summed E-state index contributed by atoms with van der Waals surface area (Å²) < 4.78 is 1.83. The lowest BCUT2D eigenvalue weighted by Crippen LogP contribution is -2.13. The van der Waals surface area contributed by atoms with Crippen LogP contribution in [-0.2, 0) is 17.8 Å². The molecule has 0 aliphatic rings. The molecule has 0 radical (unpaired) electrons. The molecule has 0 fully saturated rings. The molecule has 1 heterocycles. The van der Waals surface area contributed by atoms with Crippen LogP contribution in [0.4, 0.5) is 0 Å². The van der Waals surface area contributed by atoms with Gasteiger partial charge in [-0.3, -0.25) is 4.79 Å². The molecule has 15 heavy (non-hydrogen) atoms. The van der Waals surface area contributed by atoms with E-state index in [1.807, 2.05) is 11.6 Å². The van der Waals surface area contributed by atoms with Crippen LogP contribution in [0.1, 0.15) is 39.4 Å². The third-order valence-corrected chi connectivity index (χ3v) is 2.12. The number of rotatable bonds is 6. The van der Waals surface area contributed by atoms with E-state index in [4.69, 9.17) is 0 Å². The molecule has 0 aromatic carbocycles. The van der Waals surface area contributed by atoms with Gasteiger partial charge in [0, 0.05) is 13.0 Å². The van der Waals surface area contributed by atoms with Crippen LogP contribution in [0.5, 0.6) is 0 Å². The molecule has 0 amide bonds. The molecular weight excluding hydrogens is 190 g/mol. The first-order valence-corrected chi connectivity index (χ1v) is 5.51. The molecule has 0 atom stereocenters. The minimum atomic E-state index is 0.246. The van der Waals surface area contributed by atoms with E-state index in [0.29, 0.717) is 18.8 Å². The quantitative estimate of drug-likeness (QED) is 0.718. The fourth-order valence-electron chi connectivity index (χ4n) is 1.47. The zero-order valence-electron chi connectivity index (χ0n) is 9.73. The number of hydrogen-bond acceptors (Lipinski definition) is 3. The Morgan fingerprint density at radius 2 is 2.27 bits per heavy atom. The summed E-state index contributed by atoms with van der Waals surface area (Å²) in [4.78, 5) is 15.6. The summed E-state index contributed by atoms with van der Waals surface area (Å²) in [5, 5.41) is 4.12. The number of carbonyl (C=O) groups is 1. The highest BCUT2D eigenvalue weighted by molar-refractivity contribution is 5.79. The maximum atomic E-state index is 11.5. The van der Waals surface area contributed by atoms with Crippen LogP contribution in [0.3, 0.4) is 0 Å². The monoisotopic (exact) mass is 209 g/mol. The van der Waals surface area contributed by atoms with Crippen LogP contribution in [0.2, 0.25) is 0 Å². The molecule has 0 N–H and O–H groups in total. The first-order chi connectivity index (χ1) is 7.13.